The van der Waals surface area contributed by atoms with Crippen molar-refractivity contribution in [2.24, 2.45) is 0 Å². The normalized spacial score (nSPS) is 13.9. The maximum Gasteiger partial charge on any atom is 0.287 e. The number of likely N-dealkylation sites (N-methyl/N-ethyl adjacent to an activating group) is 1. The van der Waals surface area contributed by atoms with Crippen LogP contribution in [0.2, 0.25) is 0 Å². The summed E-state index contributed by atoms with van der Waals surface area (Å²) in [7, 11) is 2.81. The summed E-state index contributed by atoms with van der Waals surface area (Å²) >= 11 is 0. The van der Waals surface area contributed by atoms with Gasteiger partial charge in [0, 0.05) is 13.2 Å². The molecule has 0 spiro atoms. The first-order chi connectivity index (χ1) is 14.7. The molecule has 31 heavy (non-hydrogen) atoms. The van der Waals surface area contributed by atoms with Crippen LogP contribution >= 0.6 is 0 Å². The lowest BCUT2D eigenvalue weighted by molar-refractivity contribution is -0.119. The molecule has 164 valence electrons. The van der Waals surface area contributed by atoms with E-state index in [9.17, 15) is 24.2 Å². The summed E-state index contributed by atoms with van der Waals surface area (Å²) in [4.78, 5) is 29.1. The van der Waals surface area contributed by atoms with Crippen molar-refractivity contribution in [1.29, 1.82) is 0 Å². The minimum atomic E-state index is -1.27. The molecule has 2 heterocycles. The number of halogens is 1. The Labute approximate surface area is 178 Å². The summed E-state index contributed by atoms with van der Waals surface area (Å²) < 4.78 is 14.1. The molecule has 4 N–H and O–H groups in total. The van der Waals surface area contributed by atoms with E-state index >= 15 is 0 Å². The van der Waals surface area contributed by atoms with E-state index in [0.29, 0.717) is 23.0 Å². The molecule has 9 heteroatoms. The summed E-state index contributed by atoms with van der Waals surface area (Å²) in [5.74, 6) is -1.83. The number of nitrogens with one attached hydrogen (secondary N) is 2. The number of nitrogens with zero attached hydrogens (tertiary/aromatic N) is 2. The quantitative estimate of drug-likeness (QED) is 0.222. The number of carbonyl (C=O) groups is 1. The van der Waals surface area contributed by atoms with Crippen LogP contribution in [0.1, 0.15) is 24.3 Å². The Bertz CT molecular complexity index is 1140. The van der Waals surface area contributed by atoms with Crippen molar-refractivity contribution in [2.75, 3.05) is 14.1 Å². The molecule has 0 fully saturated rings. The molecule has 0 radical (unpaired) electrons. The second-order valence-electron chi connectivity index (χ2n) is 6.68. The molecular formula is C22H25FN4O4. The third kappa shape index (κ3) is 5.74. The van der Waals surface area contributed by atoms with Crippen LogP contribution in [0.25, 0.3) is 17.2 Å². The van der Waals surface area contributed by atoms with Crippen LogP contribution in [0.3, 0.4) is 0 Å². The molecule has 0 aliphatic carbocycles. The van der Waals surface area contributed by atoms with Crippen LogP contribution in [0, 0.1) is 0 Å². The Kier molecular flexibility index (Phi) is 8.00. The topological polar surface area (TPSA) is 116 Å². The van der Waals surface area contributed by atoms with Gasteiger partial charge in [0.15, 0.2) is 5.76 Å². The highest BCUT2D eigenvalue weighted by atomic mass is 19.1. The van der Waals surface area contributed by atoms with Crippen LogP contribution in [-0.4, -0.2) is 39.8 Å². The maximum absolute atomic E-state index is 13.0. The fraction of sp³-hybridized carbons (Fsp3) is 0.227. The minimum absolute atomic E-state index is 0.00792. The highest BCUT2D eigenvalue weighted by molar-refractivity contribution is 5.94. The first-order valence-electron chi connectivity index (χ1n) is 9.39. The van der Waals surface area contributed by atoms with Crippen molar-refractivity contribution in [1.82, 2.24) is 20.2 Å². The lowest BCUT2D eigenvalue weighted by Crippen LogP contribution is -2.29. The molecule has 1 atom stereocenters. The standard InChI is InChI=1S/C22H25FN4O4/c1-5-14(7-6-13(2)23)8-15-9-18-17(26-11-15)10-16(20(29)24-3)22(31)27(18)12-19(28)21(30)25-4/h5-7,9-12,20,24,28-29H,1,8H2,2-4H3,(H,25,30)/b13-6+,14-7+,19-12-. The predicted molar refractivity (Wildman–Crippen MR) is 118 cm³/mol. The summed E-state index contributed by atoms with van der Waals surface area (Å²) in [5.41, 5.74) is 1.43. The van der Waals surface area contributed by atoms with Gasteiger partial charge in [-0.2, -0.15) is 0 Å². The average Bonchev–Trinajstić information content (AvgIpc) is 2.76. The van der Waals surface area contributed by atoms with Gasteiger partial charge in [-0.1, -0.05) is 18.7 Å². The monoisotopic (exact) mass is 428 g/mol. The van der Waals surface area contributed by atoms with E-state index in [1.54, 1.807) is 24.4 Å². The van der Waals surface area contributed by atoms with Gasteiger partial charge >= 0.3 is 0 Å². The summed E-state index contributed by atoms with van der Waals surface area (Å²) in [6, 6.07) is 3.10. The van der Waals surface area contributed by atoms with Crippen LogP contribution < -0.4 is 16.2 Å². The molecule has 0 aliphatic rings. The zero-order valence-electron chi connectivity index (χ0n) is 17.5. The molecule has 2 aromatic rings. The zero-order chi connectivity index (χ0) is 23.1. The van der Waals surface area contributed by atoms with E-state index in [4.69, 9.17) is 0 Å². The number of hydrogen-bond donors (Lipinski definition) is 4. The molecule has 0 bridgehead atoms. The lowest BCUT2D eigenvalue weighted by atomic mass is 10.1. The van der Waals surface area contributed by atoms with Gasteiger partial charge in [-0.05, 0) is 49.7 Å². The fourth-order valence-electron chi connectivity index (χ4n) is 2.81. The summed E-state index contributed by atoms with van der Waals surface area (Å²) in [5, 5.41) is 25.0. The van der Waals surface area contributed by atoms with Crippen LogP contribution in [0.4, 0.5) is 4.39 Å². The van der Waals surface area contributed by atoms with Crippen LogP contribution in [-0.2, 0) is 11.2 Å². The van der Waals surface area contributed by atoms with Gasteiger partial charge in [0.25, 0.3) is 11.5 Å². The Morgan fingerprint density at radius 2 is 2.06 bits per heavy atom. The van der Waals surface area contributed by atoms with Crippen LogP contribution in [0.5, 0.6) is 0 Å². The second-order valence-corrected chi connectivity index (χ2v) is 6.68. The third-order valence-electron chi connectivity index (χ3n) is 4.45. The first kappa shape index (κ1) is 23.7. The number of hydrogen-bond acceptors (Lipinski definition) is 6. The van der Waals surface area contributed by atoms with E-state index in [2.05, 4.69) is 22.2 Å². The number of carbonyl (C=O) groups excluding carboxylic acids is 1. The smallest absolute Gasteiger partial charge is 0.287 e. The van der Waals surface area contributed by atoms with E-state index in [-0.39, 0.29) is 11.4 Å². The van der Waals surface area contributed by atoms with Gasteiger partial charge in [-0.15, -0.1) is 0 Å². The maximum atomic E-state index is 13.0. The van der Waals surface area contributed by atoms with Crippen molar-refractivity contribution in [3.63, 3.8) is 0 Å². The SMILES string of the molecule is C=C/C(=C\C=C(/C)F)Cc1cnc2cc(C(O)NC)c(=O)n(/C=C(\O)C(=O)NC)c2c1. The van der Waals surface area contributed by atoms with Gasteiger partial charge in [-0.25, -0.2) is 4.39 Å². The van der Waals surface area contributed by atoms with Gasteiger partial charge in [0.1, 0.15) is 6.23 Å². The molecule has 0 aromatic carbocycles. The highest BCUT2D eigenvalue weighted by Crippen LogP contribution is 2.19. The van der Waals surface area contributed by atoms with E-state index in [1.807, 2.05) is 0 Å². The number of allylic oxidation sites excluding steroid dienone is 5. The average molecular weight is 428 g/mol. The Hall–Kier alpha value is -3.56. The van der Waals surface area contributed by atoms with Gasteiger partial charge in [0.05, 0.1) is 28.6 Å². The first-order valence-corrected chi connectivity index (χ1v) is 9.39. The number of fused-ring (bicyclic) bond motifs is 1. The number of rotatable bonds is 8. The Balaban J connectivity index is 2.72. The molecule has 0 saturated carbocycles. The van der Waals surface area contributed by atoms with Crippen molar-refractivity contribution in [2.45, 2.75) is 19.6 Å². The van der Waals surface area contributed by atoms with Crippen LogP contribution in [0.15, 0.2) is 65.1 Å². The zero-order valence-corrected chi connectivity index (χ0v) is 17.5. The number of amides is 1. The molecule has 1 unspecified atom stereocenters. The highest BCUT2D eigenvalue weighted by Gasteiger charge is 2.17. The molecule has 1 amide bonds. The van der Waals surface area contributed by atoms with E-state index in [1.165, 1.54) is 33.2 Å². The van der Waals surface area contributed by atoms with E-state index in [0.717, 1.165) is 16.3 Å². The number of aromatic nitrogens is 2. The van der Waals surface area contributed by atoms with Crippen molar-refractivity contribution >= 4 is 23.1 Å². The van der Waals surface area contributed by atoms with Gasteiger partial charge in [-0.3, -0.25) is 24.5 Å². The molecule has 2 aromatic heterocycles. The third-order valence-corrected chi connectivity index (χ3v) is 4.45. The van der Waals surface area contributed by atoms with Gasteiger partial charge < -0.3 is 15.5 Å². The summed E-state index contributed by atoms with van der Waals surface area (Å²) in [6.07, 6.45) is 6.13. The Morgan fingerprint density at radius 3 is 2.65 bits per heavy atom. The molecule has 0 saturated heterocycles. The molecule has 8 nitrogen and oxygen atoms in total. The molecule has 0 aliphatic heterocycles. The van der Waals surface area contributed by atoms with Crippen molar-refractivity contribution in [3.05, 3.63) is 81.8 Å². The largest absolute Gasteiger partial charge is 0.502 e. The lowest BCUT2D eigenvalue weighted by Gasteiger charge is -2.14. The fourth-order valence-corrected chi connectivity index (χ4v) is 2.81. The van der Waals surface area contributed by atoms with Gasteiger partial charge in [0.2, 0.25) is 0 Å². The van der Waals surface area contributed by atoms with E-state index < -0.39 is 23.5 Å². The van der Waals surface area contributed by atoms with Crippen molar-refractivity contribution in [3.8, 4) is 0 Å². The number of aliphatic hydroxyl groups is 2. The molecule has 2 rings (SSSR count). The molecular weight excluding hydrogens is 403 g/mol. The summed E-state index contributed by atoms with van der Waals surface area (Å²) in [6.45, 7) is 5.05. The number of pyridine rings is 2. The number of aliphatic hydroxyl groups excluding tert-OH is 2. The predicted octanol–water partition coefficient (Wildman–Crippen LogP) is 2.24. The minimum Gasteiger partial charge on any atom is -0.502 e. The second kappa shape index (κ2) is 10.5. The van der Waals surface area contributed by atoms with Crippen molar-refractivity contribution < 1.29 is 19.4 Å². The Morgan fingerprint density at radius 1 is 1.35 bits per heavy atom.